The molecule has 4 bridgehead atoms. The second kappa shape index (κ2) is 11.0. The zero-order valence-corrected chi connectivity index (χ0v) is 23.5. The lowest BCUT2D eigenvalue weighted by Crippen LogP contribution is -2.66. The summed E-state index contributed by atoms with van der Waals surface area (Å²) < 4.78 is 12.3. The number of carbonyl (C=O) groups excluding carboxylic acids is 3. The van der Waals surface area contributed by atoms with Gasteiger partial charge >= 0.3 is 6.09 Å². The second-order valence-corrected chi connectivity index (χ2v) is 12.3. The molecule has 3 amide bonds. The second-order valence-electron chi connectivity index (χ2n) is 12.3. The average Bonchev–Trinajstić information content (AvgIpc) is 3.25. The summed E-state index contributed by atoms with van der Waals surface area (Å²) in [5, 5.41) is 13.8. The van der Waals surface area contributed by atoms with Crippen LogP contribution in [0.25, 0.3) is 6.20 Å². The molecule has 4 fully saturated rings. The number of methoxy groups -OCH3 is 1. The summed E-state index contributed by atoms with van der Waals surface area (Å²) in [4.78, 5) is 37.5. The van der Waals surface area contributed by atoms with Gasteiger partial charge in [0.1, 0.15) is 5.56 Å². The van der Waals surface area contributed by atoms with E-state index in [9.17, 15) is 14.4 Å². The van der Waals surface area contributed by atoms with Crippen LogP contribution in [-0.2, 0) is 9.53 Å². The van der Waals surface area contributed by atoms with E-state index in [-0.39, 0.29) is 29.3 Å². The molecule has 1 heterocycles. The van der Waals surface area contributed by atoms with Crippen LogP contribution >= 0.6 is 0 Å². The van der Waals surface area contributed by atoms with Crippen LogP contribution < -0.4 is 20.7 Å². The Morgan fingerprint density at radius 2 is 1.89 bits per heavy atom. The minimum atomic E-state index is -0.708. The van der Waals surface area contributed by atoms with E-state index in [1.165, 1.54) is 18.0 Å². The summed E-state index contributed by atoms with van der Waals surface area (Å²) in [5.41, 5.74) is -0.436. The van der Waals surface area contributed by atoms with Crippen LogP contribution in [0.15, 0.2) is 12.3 Å². The van der Waals surface area contributed by atoms with Crippen LogP contribution in [0.2, 0.25) is 0 Å². The van der Waals surface area contributed by atoms with Crippen molar-refractivity contribution < 1.29 is 23.9 Å². The Morgan fingerprint density at radius 1 is 1.21 bits per heavy atom. The van der Waals surface area contributed by atoms with E-state index in [4.69, 9.17) is 9.47 Å². The highest BCUT2D eigenvalue weighted by atomic mass is 16.5. The standard InChI is InChI=1S/C28H43N5O5/c1-7-22(34)31-28-12-18-10-19(13-28)23(20(11-18)14-28)30-24(35)21-15-29-33(25(21)38-16-17(2)3)9-8-27(4,5)32-26(36)37-6/h8-9,15,17-20,23H,7,10-14,16H2,1-6H3,(H,30,35)(H,31,34)(H,32,36)/b9-8+/t18?,19?,20?,23-,28-. The van der Waals surface area contributed by atoms with Crippen molar-refractivity contribution in [1.82, 2.24) is 25.7 Å². The van der Waals surface area contributed by atoms with Crippen molar-refractivity contribution in [2.45, 2.75) is 90.3 Å². The van der Waals surface area contributed by atoms with Crippen LogP contribution in [0.3, 0.4) is 0 Å². The van der Waals surface area contributed by atoms with Gasteiger partial charge < -0.3 is 25.4 Å². The Bertz CT molecular complexity index is 1060. The lowest BCUT2D eigenvalue weighted by molar-refractivity contribution is -0.127. The Balaban J connectivity index is 1.51. The lowest BCUT2D eigenvalue weighted by Gasteiger charge is -2.60. The predicted octanol–water partition coefficient (Wildman–Crippen LogP) is 3.73. The maximum absolute atomic E-state index is 13.6. The Hall–Kier alpha value is -3.04. The number of aromatic nitrogens is 2. The van der Waals surface area contributed by atoms with Crippen LogP contribution in [0.5, 0.6) is 5.88 Å². The molecule has 210 valence electrons. The monoisotopic (exact) mass is 529 g/mol. The Labute approximate surface area is 225 Å². The van der Waals surface area contributed by atoms with Crippen molar-refractivity contribution in [2.75, 3.05) is 13.7 Å². The third-order valence-corrected chi connectivity index (χ3v) is 8.09. The van der Waals surface area contributed by atoms with Gasteiger partial charge in [0.25, 0.3) is 5.91 Å². The molecule has 38 heavy (non-hydrogen) atoms. The number of alkyl carbamates (subject to hydrolysis) is 1. The first-order valence-electron chi connectivity index (χ1n) is 13.8. The summed E-state index contributed by atoms with van der Waals surface area (Å²) in [6, 6.07) is 0.0748. The van der Waals surface area contributed by atoms with Gasteiger partial charge in [-0.05, 0) is 75.7 Å². The van der Waals surface area contributed by atoms with E-state index in [2.05, 4.69) is 21.0 Å². The number of hydrogen-bond donors (Lipinski definition) is 3. The minimum Gasteiger partial charge on any atom is -0.477 e. The minimum absolute atomic E-state index is 0.0748. The molecule has 0 saturated heterocycles. The molecular formula is C28H43N5O5. The SMILES string of the molecule is CCC(=O)N[C@]12CC3CC(C1)[C@@H](NC(=O)c1cnn(/C=C/C(C)(C)NC(=O)OC)c1OCC(C)C)C(C3)C2. The molecule has 0 spiro atoms. The van der Waals surface area contributed by atoms with Gasteiger partial charge in [-0.3, -0.25) is 9.59 Å². The van der Waals surface area contributed by atoms with Crippen molar-refractivity contribution in [3.05, 3.63) is 17.8 Å². The summed E-state index contributed by atoms with van der Waals surface area (Å²) in [7, 11) is 1.32. The Morgan fingerprint density at radius 3 is 2.50 bits per heavy atom. The first-order chi connectivity index (χ1) is 17.9. The van der Waals surface area contributed by atoms with Gasteiger partial charge in [0.2, 0.25) is 11.8 Å². The number of carbonyl (C=O) groups is 3. The maximum Gasteiger partial charge on any atom is 0.407 e. The van der Waals surface area contributed by atoms with Gasteiger partial charge in [-0.2, -0.15) is 5.10 Å². The van der Waals surface area contributed by atoms with Gasteiger partial charge in [-0.15, -0.1) is 0 Å². The Kier molecular flexibility index (Phi) is 8.09. The molecule has 2 atom stereocenters. The van der Waals surface area contributed by atoms with Crippen molar-refractivity contribution >= 4 is 24.1 Å². The summed E-state index contributed by atoms with van der Waals surface area (Å²) in [5.74, 6) is 1.86. The van der Waals surface area contributed by atoms with E-state index in [1.807, 2.05) is 34.6 Å². The van der Waals surface area contributed by atoms with E-state index in [1.54, 1.807) is 12.3 Å². The summed E-state index contributed by atoms with van der Waals surface area (Å²) in [6.07, 6.45) is 10.0. The van der Waals surface area contributed by atoms with Crippen LogP contribution in [0.4, 0.5) is 4.79 Å². The molecular weight excluding hydrogens is 486 g/mol. The number of nitrogens with one attached hydrogen (secondary N) is 3. The van der Waals surface area contributed by atoms with Crippen LogP contribution in [0, 0.1) is 23.7 Å². The van der Waals surface area contributed by atoms with Crippen LogP contribution in [-0.4, -0.2) is 58.5 Å². The first kappa shape index (κ1) is 28.0. The highest BCUT2D eigenvalue weighted by molar-refractivity contribution is 5.96. The number of hydrogen-bond acceptors (Lipinski definition) is 6. The van der Waals surface area contributed by atoms with Gasteiger partial charge in [0.15, 0.2) is 0 Å². The van der Waals surface area contributed by atoms with Crippen molar-refractivity contribution in [3.63, 3.8) is 0 Å². The smallest absolute Gasteiger partial charge is 0.407 e. The molecule has 2 unspecified atom stereocenters. The molecule has 4 aliphatic carbocycles. The van der Waals surface area contributed by atoms with E-state index in [0.29, 0.717) is 42.2 Å². The fraction of sp³-hybridized carbons (Fsp3) is 0.714. The predicted molar refractivity (Wildman–Crippen MR) is 143 cm³/mol. The molecule has 3 N–H and O–H groups in total. The molecule has 10 heteroatoms. The normalized spacial score (nSPS) is 28.0. The molecule has 0 radical (unpaired) electrons. The number of rotatable bonds is 10. The highest BCUT2D eigenvalue weighted by Crippen LogP contribution is 2.55. The van der Waals surface area contributed by atoms with E-state index < -0.39 is 11.6 Å². The van der Waals surface area contributed by atoms with Crippen molar-refractivity contribution in [3.8, 4) is 5.88 Å². The maximum atomic E-state index is 13.6. The zero-order valence-electron chi connectivity index (χ0n) is 23.5. The van der Waals surface area contributed by atoms with E-state index >= 15 is 0 Å². The highest BCUT2D eigenvalue weighted by Gasteiger charge is 2.56. The third kappa shape index (κ3) is 6.15. The first-order valence-corrected chi connectivity index (χ1v) is 13.8. The topological polar surface area (TPSA) is 124 Å². The van der Waals surface area contributed by atoms with Crippen LogP contribution in [0.1, 0.15) is 83.5 Å². The van der Waals surface area contributed by atoms with Gasteiger partial charge in [-0.25, -0.2) is 9.48 Å². The molecule has 1 aromatic rings. The fourth-order valence-electron chi connectivity index (χ4n) is 6.64. The summed E-state index contributed by atoms with van der Waals surface area (Å²) in [6.45, 7) is 10.1. The zero-order chi connectivity index (χ0) is 27.7. The largest absolute Gasteiger partial charge is 0.477 e. The number of amides is 3. The van der Waals surface area contributed by atoms with Crippen molar-refractivity contribution in [2.24, 2.45) is 23.7 Å². The third-order valence-electron chi connectivity index (χ3n) is 8.09. The van der Waals surface area contributed by atoms with E-state index in [0.717, 1.165) is 32.1 Å². The van der Waals surface area contributed by atoms with Crippen molar-refractivity contribution in [1.29, 1.82) is 0 Å². The molecule has 0 aromatic carbocycles. The van der Waals surface area contributed by atoms with Gasteiger partial charge in [0.05, 0.1) is 25.5 Å². The molecule has 5 rings (SSSR count). The van der Waals surface area contributed by atoms with Gasteiger partial charge in [-0.1, -0.05) is 20.8 Å². The number of nitrogens with zero attached hydrogens (tertiary/aromatic N) is 2. The molecule has 0 aliphatic heterocycles. The molecule has 10 nitrogen and oxygen atoms in total. The van der Waals surface area contributed by atoms with Gasteiger partial charge in [0, 0.05) is 24.2 Å². The lowest BCUT2D eigenvalue weighted by atomic mass is 9.51. The molecule has 4 saturated carbocycles. The number of ether oxygens (including phenoxy) is 2. The summed E-state index contributed by atoms with van der Waals surface area (Å²) >= 11 is 0. The molecule has 1 aromatic heterocycles. The average molecular weight is 530 g/mol. The molecule has 4 aliphatic rings. The fourth-order valence-corrected chi connectivity index (χ4v) is 6.64. The quantitative estimate of drug-likeness (QED) is 0.424.